The van der Waals surface area contributed by atoms with Crippen molar-refractivity contribution in [2.75, 3.05) is 44.8 Å². The Balaban J connectivity index is 1.38. The zero-order valence-corrected chi connectivity index (χ0v) is 14.6. The summed E-state index contributed by atoms with van der Waals surface area (Å²) in [4.78, 5) is 25.6. The van der Waals surface area contributed by atoms with Crippen molar-refractivity contribution >= 4 is 11.7 Å². The summed E-state index contributed by atoms with van der Waals surface area (Å²) in [6, 6.07) is 5.80. The van der Waals surface area contributed by atoms with Gasteiger partial charge in [-0.25, -0.2) is 9.97 Å². The van der Waals surface area contributed by atoms with Crippen molar-refractivity contribution in [3.63, 3.8) is 0 Å². The number of aromatic amines is 1. The molecule has 0 aliphatic carbocycles. The Kier molecular flexibility index (Phi) is 4.85. The molecule has 0 saturated carbocycles. The molecule has 8 nitrogen and oxygen atoms in total. The van der Waals surface area contributed by atoms with Crippen molar-refractivity contribution in [2.24, 2.45) is 5.92 Å². The number of carbonyl (C=O) groups excluding carboxylic acids is 1. The monoisotopic (exact) mass is 357 g/mol. The predicted octanol–water partition coefficient (Wildman–Crippen LogP) is 1.16. The number of imidazole rings is 1. The van der Waals surface area contributed by atoms with Gasteiger partial charge in [0.2, 0.25) is 0 Å². The summed E-state index contributed by atoms with van der Waals surface area (Å²) < 4.78 is 11.9. The Labute approximate surface area is 151 Å². The van der Waals surface area contributed by atoms with Crippen molar-refractivity contribution in [1.82, 2.24) is 19.9 Å². The average molecular weight is 357 g/mol. The number of pyridine rings is 1. The van der Waals surface area contributed by atoms with Gasteiger partial charge in [-0.3, -0.25) is 4.79 Å². The zero-order valence-electron chi connectivity index (χ0n) is 14.6. The molecule has 2 aliphatic rings. The summed E-state index contributed by atoms with van der Waals surface area (Å²) >= 11 is 0. The van der Waals surface area contributed by atoms with Gasteiger partial charge in [-0.1, -0.05) is 6.07 Å². The van der Waals surface area contributed by atoms with Crippen molar-refractivity contribution in [3.05, 3.63) is 42.6 Å². The summed E-state index contributed by atoms with van der Waals surface area (Å²) in [6.45, 7) is 3.55. The molecule has 1 amide bonds. The maximum absolute atomic E-state index is 12.7. The number of hydrogen-bond acceptors (Lipinski definition) is 6. The summed E-state index contributed by atoms with van der Waals surface area (Å²) in [7, 11) is 0. The van der Waals surface area contributed by atoms with Crippen molar-refractivity contribution < 1.29 is 14.3 Å². The van der Waals surface area contributed by atoms with Crippen LogP contribution in [0.3, 0.4) is 0 Å². The van der Waals surface area contributed by atoms with Gasteiger partial charge in [0, 0.05) is 25.2 Å². The minimum Gasteiger partial charge on any atom is -0.377 e. The van der Waals surface area contributed by atoms with Gasteiger partial charge in [-0.15, -0.1) is 0 Å². The van der Waals surface area contributed by atoms with Gasteiger partial charge in [0.15, 0.2) is 0 Å². The standard InChI is InChI=1S/C18H23N5O3/c24-17(15-9-19-13-22-15)23-5-6-25-12-18(11-23)7-14(10-26-18)8-21-16-3-1-2-4-20-16/h1-4,9,13-14H,5-8,10-12H2,(H,19,22)(H,20,21)/t14-,18-/m1/s1. The van der Waals surface area contributed by atoms with Crippen LogP contribution in [0.4, 0.5) is 5.82 Å². The van der Waals surface area contributed by atoms with Crippen LogP contribution in [-0.2, 0) is 9.47 Å². The molecule has 2 atom stereocenters. The second-order valence-electron chi connectivity index (χ2n) is 6.90. The highest BCUT2D eigenvalue weighted by molar-refractivity contribution is 5.92. The molecular weight excluding hydrogens is 334 g/mol. The van der Waals surface area contributed by atoms with Gasteiger partial charge in [0.05, 0.1) is 38.9 Å². The van der Waals surface area contributed by atoms with Crippen LogP contribution in [-0.4, -0.2) is 70.8 Å². The van der Waals surface area contributed by atoms with E-state index in [1.54, 1.807) is 17.3 Å². The van der Waals surface area contributed by atoms with Gasteiger partial charge in [-0.2, -0.15) is 0 Å². The highest BCUT2D eigenvalue weighted by Gasteiger charge is 2.44. The quantitative estimate of drug-likeness (QED) is 0.853. The Hall–Kier alpha value is -2.45. The number of ether oxygens (including phenoxy) is 2. The molecule has 8 heteroatoms. The first-order valence-electron chi connectivity index (χ1n) is 8.88. The Morgan fingerprint density at radius 3 is 3.23 bits per heavy atom. The SMILES string of the molecule is O=C(c1cnc[nH]1)N1CCOC[C@@]2(C[C@H](CNc3ccccn3)CO2)C1. The number of amides is 1. The Morgan fingerprint density at radius 2 is 2.42 bits per heavy atom. The number of nitrogens with one attached hydrogen (secondary N) is 2. The molecule has 4 rings (SSSR count). The molecule has 1 spiro atoms. The Bertz CT molecular complexity index is 724. The van der Waals surface area contributed by atoms with Gasteiger partial charge < -0.3 is 24.7 Å². The maximum atomic E-state index is 12.7. The van der Waals surface area contributed by atoms with Crippen LogP contribution in [0, 0.1) is 5.92 Å². The molecule has 0 unspecified atom stereocenters. The molecular formula is C18H23N5O3. The van der Waals surface area contributed by atoms with E-state index < -0.39 is 5.60 Å². The first kappa shape index (κ1) is 17.0. The van der Waals surface area contributed by atoms with Gasteiger partial charge in [0.25, 0.3) is 5.91 Å². The number of aromatic nitrogens is 3. The van der Waals surface area contributed by atoms with Crippen LogP contribution in [0.15, 0.2) is 36.9 Å². The van der Waals surface area contributed by atoms with Crippen molar-refractivity contribution in [2.45, 2.75) is 12.0 Å². The number of hydrogen-bond donors (Lipinski definition) is 2. The van der Waals surface area contributed by atoms with E-state index in [1.807, 2.05) is 18.2 Å². The van der Waals surface area contributed by atoms with E-state index in [4.69, 9.17) is 9.47 Å². The number of rotatable bonds is 4. The molecule has 2 aromatic heterocycles. The molecule has 138 valence electrons. The summed E-state index contributed by atoms with van der Waals surface area (Å²) in [6.07, 6.45) is 5.69. The van der Waals surface area contributed by atoms with E-state index in [-0.39, 0.29) is 5.91 Å². The average Bonchev–Trinajstić information content (AvgIpc) is 3.29. The van der Waals surface area contributed by atoms with Crippen LogP contribution in [0.2, 0.25) is 0 Å². The largest absolute Gasteiger partial charge is 0.377 e. The third-order valence-electron chi connectivity index (χ3n) is 4.89. The minimum absolute atomic E-state index is 0.0639. The smallest absolute Gasteiger partial charge is 0.272 e. The van der Waals surface area contributed by atoms with Crippen LogP contribution in [0.5, 0.6) is 0 Å². The maximum Gasteiger partial charge on any atom is 0.272 e. The van der Waals surface area contributed by atoms with E-state index in [9.17, 15) is 4.79 Å². The fourth-order valence-corrected chi connectivity index (χ4v) is 3.62. The number of nitrogens with zero attached hydrogens (tertiary/aromatic N) is 3. The molecule has 0 bridgehead atoms. The first-order chi connectivity index (χ1) is 12.7. The topological polar surface area (TPSA) is 92.4 Å². The Morgan fingerprint density at radius 1 is 1.46 bits per heavy atom. The second kappa shape index (κ2) is 7.43. The van der Waals surface area contributed by atoms with Crippen molar-refractivity contribution in [3.8, 4) is 0 Å². The predicted molar refractivity (Wildman–Crippen MR) is 94.8 cm³/mol. The van der Waals surface area contributed by atoms with Gasteiger partial charge in [0.1, 0.15) is 17.1 Å². The van der Waals surface area contributed by atoms with E-state index >= 15 is 0 Å². The highest BCUT2D eigenvalue weighted by Crippen LogP contribution is 2.33. The van der Waals surface area contributed by atoms with E-state index in [1.165, 1.54) is 6.33 Å². The molecule has 0 aromatic carbocycles. The molecule has 0 radical (unpaired) electrons. The number of carbonyl (C=O) groups is 1. The lowest BCUT2D eigenvalue weighted by molar-refractivity contribution is -0.0538. The normalized spacial score (nSPS) is 26.0. The fraction of sp³-hybridized carbons (Fsp3) is 0.500. The molecule has 2 fully saturated rings. The van der Waals surface area contributed by atoms with Crippen molar-refractivity contribution in [1.29, 1.82) is 0 Å². The number of H-pyrrole nitrogens is 1. The summed E-state index contributed by atoms with van der Waals surface area (Å²) in [5.74, 6) is 1.15. The molecule has 2 aliphatic heterocycles. The minimum atomic E-state index is -0.442. The molecule has 2 aromatic rings. The van der Waals surface area contributed by atoms with Gasteiger partial charge >= 0.3 is 0 Å². The first-order valence-corrected chi connectivity index (χ1v) is 8.88. The molecule has 26 heavy (non-hydrogen) atoms. The number of anilines is 1. The van der Waals surface area contributed by atoms with E-state index in [0.29, 0.717) is 44.5 Å². The zero-order chi connectivity index (χ0) is 17.8. The lowest BCUT2D eigenvalue weighted by Gasteiger charge is -2.31. The lowest BCUT2D eigenvalue weighted by Crippen LogP contribution is -2.46. The van der Waals surface area contributed by atoms with E-state index in [2.05, 4.69) is 20.3 Å². The van der Waals surface area contributed by atoms with Crippen LogP contribution >= 0.6 is 0 Å². The third kappa shape index (κ3) is 3.71. The summed E-state index contributed by atoms with van der Waals surface area (Å²) in [5.41, 5.74) is 0.0521. The van der Waals surface area contributed by atoms with Crippen LogP contribution in [0.1, 0.15) is 16.9 Å². The fourth-order valence-electron chi connectivity index (χ4n) is 3.62. The molecule has 2 N–H and O–H groups in total. The highest BCUT2D eigenvalue weighted by atomic mass is 16.5. The third-order valence-corrected chi connectivity index (χ3v) is 4.89. The van der Waals surface area contributed by atoms with Crippen LogP contribution in [0.25, 0.3) is 0 Å². The lowest BCUT2D eigenvalue weighted by atomic mass is 9.94. The van der Waals surface area contributed by atoms with Gasteiger partial charge in [-0.05, 0) is 18.6 Å². The van der Waals surface area contributed by atoms with Crippen LogP contribution < -0.4 is 5.32 Å². The summed E-state index contributed by atoms with van der Waals surface area (Å²) in [5, 5.41) is 3.35. The van der Waals surface area contributed by atoms with E-state index in [0.717, 1.165) is 18.8 Å². The molecule has 2 saturated heterocycles. The second-order valence-corrected chi connectivity index (χ2v) is 6.90. The molecule has 4 heterocycles.